The molecule has 0 aliphatic rings. The quantitative estimate of drug-likeness (QED) is 0.519. The van der Waals surface area contributed by atoms with Crippen molar-refractivity contribution in [3.05, 3.63) is 89.0 Å². The van der Waals surface area contributed by atoms with Crippen molar-refractivity contribution >= 4 is 17.7 Å². The maximum atomic E-state index is 12.6. The zero-order valence-corrected chi connectivity index (χ0v) is 17.7. The number of aryl methyl sites for hydroxylation is 1. The normalized spacial score (nSPS) is 10.4. The van der Waals surface area contributed by atoms with E-state index in [2.05, 4.69) is 36.5 Å². The van der Waals surface area contributed by atoms with Gasteiger partial charge in [0.25, 0.3) is 5.91 Å². The molecule has 150 valence electrons. The first-order valence-electron chi connectivity index (χ1n) is 9.36. The van der Waals surface area contributed by atoms with Crippen LogP contribution in [-0.4, -0.2) is 20.1 Å². The molecule has 0 heterocycles. The second-order valence-electron chi connectivity index (χ2n) is 6.66. The Morgan fingerprint density at radius 2 is 1.66 bits per heavy atom. The molecule has 0 fully saturated rings. The number of rotatable bonds is 8. The van der Waals surface area contributed by atoms with Gasteiger partial charge in [-0.1, -0.05) is 29.8 Å². The Morgan fingerprint density at radius 1 is 0.931 bits per heavy atom. The summed E-state index contributed by atoms with van der Waals surface area (Å²) in [5.74, 6) is 2.21. The Balaban J connectivity index is 1.65. The van der Waals surface area contributed by atoms with E-state index in [-0.39, 0.29) is 5.91 Å². The van der Waals surface area contributed by atoms with Crippen LogP contribution in [0.3, 0.4) is 0 Å². The lowest BCUT2D eigenvalue weighted by molar-refractivity contribution is 0.0951. The van der Waals surface area contributed by atoms with Crippen molar-refractivity contribution in [3.8, 4) is 11.5 Å². The lowest BCUT2D eigenvalue weighted by Gasteiger charge is -2.12. The fourth-order valence-electron chi connectivity index (χ4n) is 2.86. The van der Waals surface area contributed by atoms with Gasteiger partial charge in [-0.05, 0) is 55.0 Å². The Labute approximate surface area is 176 Å². The van der Waals surface area contributed by atoms with E-state index in [1.54, 1.807) is 32.0 Å². The van der Waals surface area contributed by atoms with E-state index in [1.807, 2.05) is 36.4 Å². The number of carbonyl (C=O) groups is 1. The van der Waals surface area contributed by atoms with Gasteiger partial charge in [-0.25, -0.2) is 0 Å². The summed E-state index contributed by atoms with van der Waals surface area (Å²) < 4.78 is 10.6. The van der Waals surface area contributed by atoms with Crippen LogP contribution in [0.4, 0.5) is 0 Å². The average Bonchev–Trinajstić information content (AvgIpc) is 2.77. The van der Waals surface area contributed by atoms with Gasteiger partial charge in [0.2, 0.25) is 0 Å². The molecule has 0 aliphatic heterocycles. The fraction of sp³-hybridized carbons (Fsp3) is 0.208. The minimum Gasteiger partial charge on any atom is -0.497 e. The van der Waals surface area contributed by atoms with E-state index in [1.165, 1.54) is 10.5 Å². The zero-order chi connectivity index (χ0) is 20.6. The highest BCUT2D eigenvalue weighted by atomic mass is 32.2. The molecule has 3 aromatic rings. The van der Waals surface area contributed by atoms with Crippen LogP contribution in [0.15, 0.2) is 71.6 Å². The van der Waals surface area contributed by atoms with Gasteiger partial charge in [0.15, 0.2) is 0 Å². The molecule has 0 radical (unpaired) electrons. The van der Waals surface area contributed by atoms with Crippen LogP contribution in [0.5, 0.6) is 11.5 Å². The zero-order valence-electron chi connectivity index (χ0n) is 16.9. The van der Waals surface area contributed by atoms with Gasteiger partial charge < -0.3 is 14.8 Å². The van der Waals surface area contributed by atoms with Crippen LogP contribution in [0.25, 0.3) is 0 Å². The maximum absolute atomic E-state index is 12.6. The Kier molecular flexibility index (Phi) is 7.19. The molecule has 0 spiro atoms. The molecule has 3 aromatic carbocycles. The second kappa shape index (κ2) is 10.0. The van der Waals surface area contributed by atoms with E-state index in [4.69, 9.17) is 9.47 Å². The number of hydrogen-bond acceptors (Lipinski definition) is 4. The second-order valence-corrected chi connectivity index (χ2v) is 7.71. The van der Waals surface area contributed by atoms with E-state index in [0.29, 0.717) is 12.1 Å². The number of thioether (sulfide) groups is 1. The van der Waals surface area contributed by atoms with Crippen LogP contribution in [0, 0.1) is 6.92 Å². The van der Waals surface area contributed by atoms with Crippen molar-refractivity contribution < 1.29 is 14.3 Å². The first-order chi connectivity index (χ1) is 14.1. The van der Waals surface area contributed by atoms with Crippen molar-refractivity contribution in [1.82, 2.24) is 5.32 Å². The third-order valence-electron chi connectivity index (χ3n) is 4.57. The molecular formula is C24H25NO3S. The largest absolute Gasteiger partial charge is 0.497 e. The van der Waals surface area contributed by atoms with Crippen LogP contribution in [-0.2, 0) is 12.3 Å². The molecule has 1 amide bonds. The molecule has 3 rings (SSSR count). The predicted octanol–water partition coefficient (Wildman–Crippen LogP) is 5.23. The van der Waals surface area contributed by atoms with Crippen molar-refractivity contribution in [2.24, 2.45) is 0 Å². The lowest BCUT2D eigenvalue weighted by atomic mass is 10.1. The van der Waals surface area contributed by atoms with Gasteiger partial charge in [0, 0.05) is 28.3 Å². The molecule has 29 heavy (non-hydrogen) atoms. The van der Waals surface area contributed by atoms with E-state index >= 15 is 0 Å². The summed E-state index contributed by atoms with van der Waals surface area (Å²) in [6, 6.07) is 21.6. The summed E-state index contributed by atoms with van der Waals surface area (Å²) in [5, 5.41) is 2.97. The Bertz CT molecular complexity index is 953. The smallest absolute Gasteiger partial charge is 0.251 e. The Hall–Kier alpha value is -2.92. The molecule has 5 heteroatoms. The standard InChI is InChI=1S/C24H25NO3S/c1-17-4-11-22(12-5-17)29-16-20-14-19(8-13-23(20)28-3)24(26)25-15-18-6-9-21(27-2)10-7-18/h4-14H,15-16H2,1-3H3,(H,25,26). The van der Waals surface area contributed by atoms with E-state index < -0.39 is 0 Å². The highest BCUT2D eigenvalue weighted by Crippen LogP contribution is 2.29. The lowest BCUT2D eigenvalue weighted by Crippen LogP contribution is -2.22. The molecule has 1 N–H and O–H groups in total. The molecule has 4 nitrogen and oxygen atoms in total. The van der Waals surface area contributed by atoms with Crippen LogP contribution in [0.2, 0.25) is 0 Å². The van der Waals surface area contributed by atoms with Crippen LogP contribution in [0.1, 0.15) is 27.0 Å². The maximum Gasteiger partial charge on any atom is 0.251 e. The monoisotopic (exact) mass is 407 g/mol. The average molecular weight is 408 g/mol. The van der Waals surface area contributed by atoms with Gasteiger partial charge in [-0.2, -0.15) is 0 Å². The molecule has 0 atom stereocenters. The molecular weight excluding hydrogens is 382 g/mol. The summed E-state index contributed by atoms with van der Waals surface area (Å²) in [5.41, 5.74) is 3.87. The van der Waals surface area contributed by atoms with Crippen LogP contribution < -0.4 is 14.8 Å². The molecule has 0 saturated carbocycles. The van der Waals surface area contributed by atoms with Gasteiger partial charge in [-0.3, -0.25) is 4.79 Å². The fourth-order valence-corrected chi connectivity index (χ4v) is 3.73. The molecule has 0 bridgehead atoms. The minimum absolute atomic E-state index is 0.106. The van der Waals surface area contributed by atoms with Gasteiger partial charge >= 0.3 is 0 Å². The Morgan fingerprint density at radius 3 is 2.31 bits per heavy atom. The summed E-state index contributed by atoms with van der Waals surface area (Å²) in [6.45, 7) is 2.54. The van der Waals surface area contributed by atoms with Crippen molar-refractivity contribution in [2.75, 3.05) is 14.2 Å². The highest BCUT2D eigenvalue weighted by Gasteiger charge is 2.11. The first-order valence-corrected chi connectivity index (χ1v) is 10.3. The van der Waals surface area contributed by atoms with Crippen molar-refractivity contribution in [3.63, 3.8) is 0 Å². The summed E-state index contributed by atoms with van der Waals surface area (Å²) in [4.78, 5) is 13.8. The van der Waals surface area contributed by atoms with Gasteiger partial charge in [0.1, 0.15) is 11.5 Å². The topological polar surface area (TPSA) is 47.6 Å². The number of amides is 1. The SMILES string of the molecule is COc1ccc(CNC(=O)c2ccc(OC)c(CSc3ccc(C)cc3)c2)cc1. The van der Waals surface area contributed by atoms with E-state index in [9.17, 15) is 4.79 Å². The van der Waals surface area contributed by atoms with E-state index in [0.717, 1.165) is 28.4 Å². The molecule has 0 aromatic heterocycles. The number of carbonyl (C=O) groups excluding carboxylic acids is 1. The summed E-state index contributed by atoms with van der Waals surface area (Å²) in [6.07, 6.45) is 0. The van der Waals surface area contributed by atoms with Crippen molar-refractivity contribution in [2.45, 2.75) is 24.1 Å². The third-order valence-corrected chi connectivity index (χ3v) is 5.63. The molecule has 0 saturated heterocycles. The number of ether oxygens (including phenoxy) is 2. The first kappa shape index (κ1) is 20.8. The summed E-state index contributed by atoms with van der Waals surface area (Å²) >= 11 is 1.72. The predicted molar refractivity (Wildman–Crippen MR) is 118 cm³/mol. The number of methoxy groups -OCH3 is 2. The molecule has 0 unspecified atom stereocenters. The van der Waals surface area contributed by atoms with Gasteiger partial charge in [0.05, 0.1) is 14.2 Å². The highest BCUT2D eigenvalue weighted by molar-refractivity contribution is 7.98. The number of benzene rings is 3. The van der Waals surface area contributed by atoms with Crippen molar-refractivity contribution in [1.29, 1.82) is 0 Å². The number of nitrogens with one attached hydrogen (secondary N) is 1. The van der Waals surface area contributed by atoms with Gasteiger partial charge in [-0.15, -0.1) is 11.8 Å². The molecule has 0 aliphatic carbocycles. The minimum atomic E-state index is -0.106. The van der Waals surface area contributed by atoms with Crippen LogP contribution >= 0.6 is 11.8 Å². The third kappa shape index (κ3) is 5.78. The number of hydrogen-bond donors (Lipinski definition) is 1. The summed E-state index contributed by atoms with van der Waals surface area (Å²) in [7, 11) is 3.29.